The summed E-state index contributed by atoms with van der Waals surface area (Å²) in [4.78, 5) is 15.3. The summed E-state index contributed by atoms with van der Waals surface area (Å²) >= 11 is 0. The molecule has 2 aromatic rings. The molecule has 1 fully saturated rings. The standard InChI is InChI=1S/C10H13N5O3S/c16-10-14-13-9-4-8(11-6-15(9)10)12-7-2-1-3-19(17,18)5-7/h4,6-7,12H,1-3,5H2,(H,14,16). The zero-order chi connectivity index (χ0) is 13.5. The molecule has 3 rings (SSSR count). The summed E-state index contributed by atoms with van der Waals surface area (Å²) in [6.07, 6.45) is 2.81. The molecule has 1 unspecified atom stereocenters. The van der Waals surface area contributed by atoms with Gasteiger partial charge in [-0.05, 0) is 12.8 Å². The average Bonchev–Trinajstić information content (AvgIpc) is 2.69. The molecule has 8 nitrogen and oxygen atoms in total. The van der Waals surface area contributed by atoms with Gasteiger partial charge < -0.3 is 5.32 Å². The van der Waals surface area contributed by atoms with E-state index in [4.69, 9.17) is 0 Å². The molecule has 1 aliphatic rings. The van der Waals surface area contributed by atoms with Crippen molar-refractivity contribution >= 4 is 21.3 Å². The van der Waals surface area contributed by atoms with E-state index in [9.17, 15) is 13.2 Å². The summed E-state index contributed by atoms with van der Waals surface area (Å²) in [5.74, 6) is 0.896. The Hall–Kier alpha value is -1.90. The van der Waals surface area contributed by atoms with Crippen molar-refractivity contribution in [1.82, 2.24) is 19.6 Å². The molecule has 1 atom stereocenters. The van der Waals surface area contributed by atoms with Crippen LogP contribution in [0.3, 0.4) is 0 Å². The van der Waals surface area contributed by atoms with Crippen LogP contribution in [-0.4, -0.2) is 45.5 Å². The molecule has 0 radical (unpaired) electrons. The summed E-state index contributed by atoms with van der Waals surface area (Å²) in [6.45, 7) is 0. The quantitative estimate of drug-likeness (QED) is 0.762. The van der Waals surface area contributed by atoms with Crippen LogP contribution in [0.25, 0.3) is 5.65 Å². The SMILES string of the molecule is O=c1[nH]nc2cc(NC3CCCS(=O)(=O)C3)ncn12. The Labute approximate surface area is 108 Å². The predicted octanol–water partition coefficient (Wildman–Crippen LogP) is -0.593. The molecule has 2 aromatic heterocycles. The Kier molecular flexibility index (Phi) is 2.77. The third-order valence-electron chi connectivity index (χ3n) is 3.12. The van der Waals surface area contributed by atoms with Crippen molar-refractivity contribution in [2.45, 2.75) is 18.9 Å². The van der Waals surface area contributed by atoms with Gasteiger partial charge in [-0.2, -0.15) is 5.10 Å². The number of fused-ring (bicyclic) bond motifs is 1. The monoisotopic (exact) mass is 283 g/mol. The van der Waals surface area contributed by atoms with Crippen molar-refractivity contribution < 1.29 is 8.42 Å². The summed E-state index contributed by atoms with van der Waals surface area (Å²) in [5.41, 5.74) is 0.0930. The maximum atomic E-state index is 11.5. The lowest BCUT2D eigenvalue weighted by Gasteiger charge is -2.23. The second-order valence-electron chi connectivity index (χ2n) is 4.63. The number of nitrogens with one attached hydrogen (secondary N) is 2. The maximum absolute atomic E-state index is 11.5. The van der Waals surface area contributed by atoms with Crippen molar-refractivity contribution in [3.8, 4) is 0 Å². The number of sulfone groups is 1. The van der Waals surface area contributed by atoms with Gasteiger partial charge in [0.2, 0.25) is 0 Å². The molecule has 1 saturated heterocycles. The number of hydrogen-bond acceptors (Lipinski definition) is 6. The minimum Gasteiger partial charge on any atom is -0.366 e. The number of anilines is 1. The van der Waals surface area contributed by atoms with Gasteiger partial charge in [-0.15, -0.1) is 0 Å². The van der Waals surface area contributed by atoms with E-state index >= 15 is 0 Å². The van der Waals surface area contributed by atoms with E-state index in [0.29, 0.717) is 17.9 Å². The van der Waals surface area contributed by atoms with Crippen LogP contribution in [0, 0.1) is 0 Å². The average molecular weight is 283 g/mol. The van der Waals surface area contributed by atoms with Gasteiger partial charge in [-0.25, -0.2) is 27.7 Å². The Morgan fingerprint density at radius 3 is 3.11 bits per heavy atom. The first-order chi connectivity index (χ1) is 9.03. The van der Waals surface area contributed by atoms with Gasteiger partial charge in [0.1, 0.15) is 12.1 Å². The molecule has 2 N–H and O–H groups in total. The van der Waals surface area contributed by atoms with Crippen LogP contribution < -0.4 is 11.0 Å². The first kappa shape index (κ1) is 12.2. The van der Waals surface area contributed by atoms with Crippen LogP contribution in [0.5, 0.6) is 0 Å². The Morgan fingerprint density at radius 1 is 1.47 bits per heavy atom. The second-order valence-corrected chi connectivity index (χ2v) is 6.86. The number of H-pyrrole nitrogens is 1. The van der Waals surface area contributed by atoms with E-state index in [-0.39, 0.29) is 23.2 Å². The Bertz CT molecular complexity index is 763. The number of nitrogens with zero attached hydrogens (tertiary/aromatic N) is 3. The smallest absolute Gasteiger partial charge is 0.348 e. The van der Waals surface area contributed by atoms with E-state index in [1.165, 1.54) is 10.7 Å². The van der Waals surface area contributed by atoms with E-state index in [2.05, 4.69) is 20.5 Å². The van der Waals surface area contributed by atoms with Crippen molar-refractivity contribution in [2.75, 3.05) is 16.8 Å². The highest BCUT2D eigenvalue weighted by atomic mass is 32.2. The molecular formula is C10H13N5O3S. The molecule has 1 aliphatic heterocycles. The van der Waals surface area contributed by atoms with Gasteiger partial charge in [0, 0.05) is 12.1 Å². The van der Waals surface area contributed by atoms with Crippen LogP contribution >= 0.6 is 0 Å². The number of aromatic amines is 1. The molecule has 19 heavy (non-hydrogen) atoms. The van der Waals surface area contributed by atoms with Crippen LogP contribution in [0.15, 0.2) is 17.2 Å². The molecule has 3 heterocycles. The van der Waals surface area contributed by atoms with Crippen molar-refractivity contribution in [1.29, 1.82) is 0 Å². The third kappa shape index (κ3) is 2.46. The fourth-order valence-electron chi connectivity index (χ4n) is 2.23. The molecule has 102 valence electrons. The maximum Gasteiger partial charge on any atom is 0.348 e. The van der Waals surface area contributed by atoms with Crippen molar-refractivity contribution in [3.63, 3.8) is 0 Å². The lowest BCUT2D eigenvalue weighted by atomic mass is 10.2. The highest BCUT2D eigenvalue weighted by molar-refractivity contribution is 7.91. The predicted molar refractivity (Wildman–Crippen MR) is 68.9 cm³/mol. The van der Waals surface area contributed by atoms with Crippen LogP contribution in [-0.2, 0) is 9.84 Å². The lowest BCUT2D eigenvalue weighted by molar-refractivity contribution is 0.561. The number of aromatic nitrogens is 4. The van der Waals surface area contributed by atoms with E-state index in [0.717, 1.165) is 6.42 Å². The summed E-state index contributed by atoms with van der Waals surface area (Å²) < 4.78 is 24.4. The summed E-state index contributed by atoms with van der Waals surface area (Å²) in [7, 11) is -2.96. The van der Waals surface area contributed by atoms with E-state index in [1.807, 2.05) is 0 Å². The minimum atomic E-state index is -2.96. The Morgan fingerprint density at radius 2 is 2.32 bits per heavy atom. The topological polar surface area (TPSA) is 109 Å². The molecule has 0 spiro atoms. The van der Waals surface area contributed by atoms with Gasteiger partial charge in [-0.3, -0.25) is 0 Å². The van der Waals surface area contributed by atoms with Crippen LogP contribution in [0.1, 0.15) is 12.8 Å². The van der Waals surface area contributed by atoms with Gasteiger partial charge in [0.25, 0.3) is 0 Å². The van der Waals surface area contributed by atoms with Crippen molar-refractivity contribution in [2.24, 2.45) is 0 Å². The highest BCUT2D eigenvalue weighted by Crippen LogP contribution is 2.16. The van der Waals surface area contributed by atoms with Gasteiger partial charge in [0.05, 0.1) is 11.5 Å². The lowest BCUT2D eigenvalue weighted by Crippen LogP contribution is -2.35. The summed E-state index contributed by atoms with van der Waals surface area (Å²) in [6, 6.07) is 1.47. The first-order valence-electron chi connectivity index (χ1n) is 5.93. The fourth-order valence-corrected chi connectivity index (χ4v) is 3.87. The van der Waals surface area contributed by atoms with Crippen LogP contribution in [0.2, 0.25) is 0 Å². The highest BCUT2D eigenvalue weighted by Gasteiger charge is 2.24. The number of hydrogen-bond donors (Lipinski definition) is 2. The molecule has 0 bridgehead atoms. The molecule has 0 amide bonds. The zero-order valence-electron chi connectivity index (χ0n) is 10.0. The number of rotatable bonds is 2. The van der Waals surface area contributed by atoms with E-state index < -0.39 is 9.84 Å². The zero-order valence-corrected chi connectivity index (χ0v) is 10.9. The normalized spacial score (nSPS) is 22.4. The third-order valence-corrected chi connectivity index (χ3v) is 4.95. The van der Waals surface area contributed by atoms with E-state index in [1.54, 1.807) is 6.07 Å². The summed E-state index contributed by atoms with van der Waals surface area (Å²) in [5, 5.41) is 9.22. The van der Waals surface area contributed by atoms with Crippen LogP contribution in [0.4, 0.5) is 5.82 Å². The molecule has 9 heteroatoms. The fraction of sp³-hybridized carbons (Fsp3) is 0.500. The van der Waals surface area contributed by atoms with Gasteiger partial charge in [0.15, 0.2) is 15.5 Å². The largest absolute Gasteiger partial charge is 0.366 e. The second kappa shape index (κ2) is 4.34. The van der Waals surface area contributed by atoms with Gasteiger partial charge >= 0.3 is 5.69 Å². The first-order valence-corrected chi connectivity index (χ1v) is 7.75. The molecular weight excluding hydrogens is 270 g/mol. The molecule has 0 aromatic carbocycles. The Balaban J connectivity index is 1.83. The van der Waals surface area contributed by atoms with Gasteiger partial charge in [-0.1, -0.05) is 0 Å². The minimum absolute atomic E-state index is 0.118. The molecule has 0 aliphatic carbocycles. The molecule has 0 saturated carbocycles. The van der Waals surface area contributed by atoms with Crippen molar-refractivity contribution in [3.05, 3.63) is 22.9 Å².